The van der Waals surface area contributed by atoms with E-state index in [1.807, 2.05) is 36.5 Å². The zero-order valence-electron chi connectivity index (χ0n) is 14.8. The number of rotatable bonds is 15. The van der Waals surface area contributed by atoms with E-state index in [2.05, 4.69) is 37.0 Å². The highest BCUT2D eigenvalue weighted by Crippen LogP contribution is 2.02. The second-order valence-corrected chi connectivity index (χ2v) is 5.55. The summed E-state index contributed by atoms with van der Waals surface area (Å²) in [5, 5.41) is 8.51. The molecule has 2 heteroatoms. The molecule has 0 aliphatic heterocycles. The fourth-order valence-corrected chi connectivity index (χ4v) is 1.98. The predicted octanol–water partition coefficient (Wildman–Crippen LogP) is 6.55. The number of carbonyl (C=O) groups is 1. The van der Waals surface area contributed by atoms with Gasteiger partial charge in [0, 0.05) is 6.42 Å². The number of hydrogen-bond acceptors (Lipinski definition) is 1. The van der Waals surface area contributed by atoms with Crippen molar-refractivity contribution in [1.82, 2.24) is 0 Å². The van der Waals surface area contributed by atoms with Gasteiger partial charge in [-0.05, 0) is 51.4 Å². The Morgan fingerprint density at radius 3 is 1.75 bits per heavy atom. The Morgan fingerprint density at radius 1 is 0.708 bits per heavy atom. The van der Waals surface area contributed by atoms with Gasteiger partial charge in [-0.2, -0.15) is 0 Å². The van der Waals surface area contributed by atoms with Crippen LogP contribution in [0.1, 0.15) is 57.8 Å². The molecule has 0 fully saturated rings. The maximum Gasteiger partial charge on any atom is 0.303 e. The molecular weight excluding hydrogens is 296 g/mol. The summed E-state index contributed by atoms with van der Waals surface area (Å²) in [7, 11) is 0. The van der Waals surface area contributed by atoms with Crippen LogP contribution in [0.5, 0.6) is 0 Å². The van der Waals surface area contributed by atoms with Crippen molar-refractivity contribution in [2.75, 3.05) is 0 Å². The van der Waals surface area contributed by atoms with E-state index in [4.69, 9.17) is 5.11 Å². The van der Waals surface area contributed by atoms with E-state index < -0.39 is 5.97 Å². The van der Waals surface area contributed by atoms with E-state index in [1.54, 1.807) is 0 Å². The van der Waals surface area contributed by atoms with Crippen molar-refractivity contribution in [3.63, 3.8) is 0 Å². The summed E-state index contributed by atoms with van der Waals surface area (Å²) in [5.74, 6) is -0.711. The Kier molecular flexibility index (Phi) is 17.3. The van der Waals surface area contributed by atoms with Crippen LogP contribution in [0.15, 0.2) is 73.4 Å². The Hall–Kier alpha value is -2.09. The van der Waals surface area contributed by atoms with E-state index in [9.17, 15) is 4.79 Å². The first-order valence-electron chi connectivity index (χ1n) is 8.90. The third-order valence-electron chi connectivity index (χ3n) is 3.30. The summed E-state index contributed by atoms with van der Waals surface area (Å²) in [4.78, 5) is 10.3. The van der Waals surface area contributed by atoms with Crippen molar-refractivity contribution in [3.05, 3.63) is 73.4 Å². The van der Waals surface area contributed by atoms with E-state index >= 15 is 0 Å². The van der Waals surface area contributed by atoms with Crippen molar-refractivity contribution in [3.8, 4) is 0 Å². The molecule has 0 aromatic heterocycles. The largest absolute Gasteiger partial charge is 0.481 e. The Balaban J connectivity index is 3.49. The quantitative estimate of drug-likeness (QED) is 0.210. The Bertz CT molecular complexity index is 451. The summed E-state index contributed by atoms with van der Waals surface area (Å²) in [6, 6.07) is 0. The number of allylic oxidation sites excluding steroid dienone is 11. The highest BCUT2D eigenvalue weighted by Gasteiger charge is 1.93. The monoisotopic (exact) mass is 328 g/mol. The first kappa shape index (κ1) is 21.9. The summed E-state index contributed by atoms with van der Waals surface area (Å²) in [6.45, 7) is 3.69. The second-order valence-electron chi connectivity index (χ2n) is 5.55. The van der Waals surface area contributed by atoms with Gasteiger partial charge in [-0.15, -0.1) is 6.58 Å². The molecule has 24 heavy (non-hydrogen) atoms. The molecule has 132 valence electrons. The lowest BCUT2D eigenvalue weighted by Crippen LogP contribution is -1.92. The zero-order valence-corrected chi connectivity index (χ0v) is 14.8. The average molecular weight is 328 g/mol. The third kappa shape index (κ3) is 19.9. The van der Waals surface area contributed by atoms with Crippen LogP contribution in [0, 0.1) is 0 Å². The number of carboxylic acid groups (broad SMARTS) is 1. The second kappa shape index (κ2) is 19.0. The maximum atomic E-state index is 10.3. The fourth-order valence-electron chi connectivity index (χ4n) is 1.98. The van der Waals surface area contributed by atoms with Gasteiger partial charge in [-0.25, -0.2) is 0 Å². The third-order valence-corrected chi connectivity index (χ3v) is 3.30. The van der Waals surface area contributed by atoms with E-state index in [0.717, 1.165) is 38.5 Å². The standard InChI is InChI=1S/C22H32O2/c1-2-3-4-5-6-7-8-9-10-11-12-13-14-15-16-17-18-19-20-21-22(23)24/h2,4-5,10-17H,1,3,6-9,18-21H2,(H,23,24)/b5-4+,11-10+,13-12+,15-14+,17-16+. The van der Waals surface area contributed by atoms with E-state index in [1.165, 1.54) is 12.8 Å². The molecule has 0 atom stereocenters. The number of unbranched alkanes of at least 4 members (excludes halogenated alkanes) is 5. The van der Waals surface area contributed by atoms with Gasteiger partial charge in [-0.3, -0.25) is 4.79 Å². The molecule has 0 aliphatic carbocycles. The first-order valence-corrected chi connectivity index (χ1v) is 8.90. The number of hydrogen-bond donors (Lipinski definition) is 1. The SMILES string of the molecule is C=CC/C=C/CCCC/C=C/C=C/C=C/C=C/CCCCC(=O)O. The van der Waals surface area contributed by atoms with Gasteiger partial charge in [0.25, 0.3) is 0 Å². The maximum absolute atomic E-state index is 10.3. The normalized spacial score (nSPS) is 12.5. The van der Waals surface area contributed by atoms with Gasteiger partial charge < -0.3 is 5.11 Å². The molecule has 0 saturated heterocycles. The van der Waals surface area contributed by atoms with Crippen molar-refractivity contribution >= 4 is 5.97 Å². The zero-order chi connectivity index (χ0) is 17.7. The molecule has 0 unspecified atom stereocenters. The van der Waals surface area contributed by atoms with Gasteiger partial charge in [0.15, 0.2) is 0 Å². The first-order chi connectivity index (χ1) is 11.8. The van der Waals surface area contributed by atoms with Crippen LogP contribution in [0.3, 0.4) is 0 Å². The topological polar surface area (TPSA) is 37.3 Å². The number of aliphatic carboxylic acids is 1. The predicted molar refractivity (Wildman–Crippen MR) is 105 cm³/mol. The molecule has 0 aromatic carbocycles. The lowest BCUT2D eigenvalue weighted by atomic mass is 10.1. The average Bonchev–Trinajstić information content (AvgIpc) is 2.56. The van der Waals surface area contributed by atoms with Crippen molar-refractivity contribution < 1.29 is 9.90 Å². The van der Waals surface area contributed by atoms with Crippen LogP contribution < -0.4 is 0 Å². The molecule has 0 heterocycles. The highest BCUT2D eigenvalue weighted by atomic mass is 16.4. The lowest BCUT2D eigenvalue weighted by Gasteiger charge is -1.92. The molecule has 0 rings (SSSR count). The Labute approximate surface area is 147 Å². The minimum atomic E-state index is -0.711. The van der Waals surface area contributed by atoms with E-state index in [0.29, 0.717) is 0 Å². The Morgan fingerprint density at radius 2 is 1.21 bits per heavy atom. The molecule has 1 N–H and O–H groups in total. The minimum absolute atomic E-state index is 0.269. The molecule has 0 bridgehead atoms. The van der Waals surface area contributed by atoms with Crippen LogP contribution in [0.4, 0.5) is 0 Å². The van der Waals surface area contributed by atoms with Crippen LogP contribution in [-0.2, 0) is 4.79 Å². The van der Waals surface area contributed by atoms with Gasteiger partial charge in [0.05, 0.1) is 0 Å². The summed E-state index contributed by atoms with van der Waals surface area (Å²) < 4.78 is 0. The highest BCUT2D eigenvalue weighted by molar-refractivity contribution is 5.66. The molecule has 0 radical (unpaired) electrons. The van der Waals surface area contributed by atoms with Crippen LogP contribution in [0.25, 0.3) is 0 Å². The van der Waals surface area contributed by atoms with Gasteiger partial charge in [-0.1, -0.05) is 66.8 Å². The van der Waals surface area contributed by atoms with Crippen molar-refractivity contribution in [2.24, 2.45) is 0 Å². The molecule has 0 aromatic rings. The van der Waals surface area contributed by atoms with Crippen molar-refractivity contribution in [1.29, 1.82) is 0 Å². The van der Waals surface area contributed by atoms with Crippen molar-refractivity contribution in [2.45, 2.75) is 57.8 Å². The van der Waals surface area contributed by atoms with E-state index in [-0.39, 0.29) is 6.42 Å². The van der Waals surface area contributed by atoms with Gasteiger partial charge in [0.2, 0.25) is 0 Å². The fraction of sp³-hybridized carbons (Fsp3) is 0.409. The molecule has 0 saturated carbocycles. The molecule has 0 aliphatic rings. The van der Waals surface area contributed by atoms with Crippen LogP contribution in [0.2, 0.25) is 0 Å². The molecule has 0 spiro atoms. The number of carboxylic acids is 1. The molecular formula is C22H32O2. The van der Waals surface area contributed by atoms with Gasteiger partial charge >= 0.3 is 5.97 Å². The lowest BCUT2D eigenvalue weighted by molar-refractivity contribution is -0.137. The molecule has 2 nitrogen and oxygen atoms in total. The summed E-state index contributed by atoms with van der Waals surface area (Å²) in [6.07, 6.45) is 31.3. The molecule has 0 amide bonds. The minimum Gasteiger partial charge on any atom is -0.481 e. The summed E-state index contributed by atoms with van der Waals surface area (Å²) in [5.41, 5.74) is 0. The van der Waals surface area contributed by atoms with Crippen LogP contribution in [-0.4, -0.2) is 11.1 Å². The summed E-state index contributed by atoms with van der Waals surface area (Å²) >= 11 is 0. The van der Waals surface area contributed by atoms with Crippen LogP contribution >= 0.6 is 0 Å². The van der Waals surface area contributed by atoms with Gasteiger partial charge in [0.1, 0.15) is 0 Å². The smallest absolute Gasteiger partial charge is 0.303 e.